The summed E-state index contributed by atoms with van der Waals surface area (Å²) in [6.45, 7) is -0.416. The fourth-order valence-corrected chi connectivity index (χ4v) is 2.69. The Balaban J connectivity index is 3.02. The minimum absolute atomic E-state index is 0.00823. The van der Waals surface area contributed by atoms with E-state index in [9.17, 15) is 29.1 Å². The highest BCUT2D eigenvalue weighted by Gasteiger charge is 2.30. The van der Waals surface area contributed by atoms with Gasteiger partial charge in [-0.2, -0.15) is 12.6 Å². The van der Waals surface area contributed by atoms with E-state index in [1.165, 1.54) is 24.3 Å². The Kier molecular flexibility index (Phi) is 10.3. The Labute approximate surface area is 182 Å². The lowest BCUT2D eigenvalue weighted by atomic mass is 10.0. The molecule has 0 aliphatic carbocycles. The van der Waals surface area contributed by atoms with Gasteiger partial charge in [0.1, 0.15) is 23.9 Å². The minimum Gasteiger partial charge on any atom is -0.508 e. The molecule has 0 heterocycles. The van der Waals surface area contributed by atoms with Gasteiger partial charge < -0.3 is 37.0 Å². The molecule has 0 aromatic heterocycles. The summed E-state index contributed by atoms with van der Waals surface area (Å²) in [5.74, 6) is -5.65. The molecule has 0 radical (unpaired) electrons. The number of carbonyl (C=O) groups is 5. The van der Waals surface area contributed by atoms with Crippen molar-refractivity contribution < 1.29 is 39.3 Å². The number of rotatable bonds is 12. The van der Waals surface area contributed by atoms with E-state index in [4.69, 9.17) is 15.9 Å². The van der Waals surface area contributed by atoms with Crippen LogP contribution < -0.4 is 21.7 Å². The summed E-state index contributed by atoms with van der Waals surface area (Å²) >= 11 is 3.81. The van der Waals surface area contributed by atoms with E-state index < -0.39 is 60.8 Å². The Hall–Kier alpha value is -3.32. The van der Waals surface area contributed by atoms with Gasteiger partial charge in [-0.05, 0) is 17.7 Å². The standard InChI is InChI=1S/C18H24N4O8S/c19-7-14(24)20-11(5-9-1-3-10(23)4-2-9)16(27)21-12(6-15(25)26)17(28)22-13(8-31)18(29)30/h1-4,11-13,23,31H,5-8,19H2,(H,20,24)(H,21,27)(H,22,28)(H,25,26)(H,29,30). The lowest BCUT2D eigenvalue weighted by Gasteiger charge is -2.23. The second kappa shape index (κ2) is 12.4. The zero-order chi connectivity index (χ0) is 23.6. The lowest BCUT2D eigenvalue weighted by molar-refractivity contribution is -0.143. The number of nitrogens with one attached hydrogen (secondary N) is 3. The van der Waals surface area contributed by atoms with Gasteiger partial charge in [0.15, 0.2) is 0 Å². The van der Waals surface area contributed by atoms with Gasteiger partial charge in [0.25, 0.3) is 0 Å². The van der Waals surface area contributed by atoms with Crippen LogP contribution >= 0.6 is 12.6 Å². The van der Waals surface area contributed by atoms with E-state index in [-0.39, 0.29) is 17.9 Å². The molecule has 1 rings (SSSR count). The van der Waals surface area contributed by atoms with Crippen molar-refractivity contribution in [3.8, 4) is 5.75 Å². The highest BCUT2D eigenvalue weighted by atomic mass is 32.1. The van der Waals surface area contributed by atoms with Crippen molar-refractivity contribution >= 4 is 42.3 Å². The van der Waals surface area contributed by atoms with Crippen LogP contribution in [0.2, 0.25) is 0 Å². The summed E-state index contributed by atoms with van der Waals surface area (Å²) in [5, 5.41) is 34.1. The summed E-state index contributed by atoms with van der Waals surface area (Å²) in [6.07, 6.45) is -0.874. The van der Waals surface area contributed by atoms with Crippen LogP contribution in [0.1, 0.15) is 12.0 Å². The minimum atomic E-state index is -1.61. The Morgan fingerprint density at radius 2 is 1.45 bits per heavy atom. The molecule has 0 saturated heterocycles. The molecule has 0 aliphatic heterocycles. The number of hydrogen-bond donors (Lipinski definition) is 8. The third-order valence-electron chi connectivity index (χ3n) is 4.02. The zero-order valence-corrected chi connectivity index (χ0v) is 17.2. The molecule has 0 aliphatic rings. The van der Waals surface area contributed by atoms with Gasteiger partial charge in [-0.15, -0.1) is 0 Å². The summed E-state index contributed by atoms with van der Waals surface area (Å²) < 4.78 is 0. The number of hydrogen-bond acceptors (Lipinski definition) is 8. The normalized spacial score (nSPS) is 13.4. The van der Waals surface area contributed by atoms with Crippen LogP contribution in [0, 0.1) is 0 Å². The molecule has 1 aromatic carbocycles. The molecule has 3 atom stereocenters. The van der Waals surface area contributed by atoms with Crippen molar-refractivity contribution in [2.24, 2.45) is 5.73 Å². The first-order valence-electron chi connectivity index (χ1n) is 9.00. The van der Waals surface area contributed by atoms with E-state index in [1.54, 1.807) is 0 Å². The Morgan fingerprint density at radius 3 is 1.94 bits per heavy atom. The van der Waals surface area contributed by atoms with Gasteiger partial charge in [0, 0.05) is 12.2 Å². The molecule has 0 spiro atoms. The fourth-order valence-electron chi connectivity index (χ4n) is 2.44. The number of aromatic hydroxyl groups is 1. The van der Waals surface area contributed by atoms with Gasteiger partial charge >= 0.3 is 11.9 Å². The van der Waals surface area contributed by atoms with Crippen molar-refractivity contribution in [3.63, 3.8) is 0 Å². The van der Waals surface area contributed by atoms with E-state index in [0.29, 0.717) is 5.56 Å². The van der Waals surface area contributed by atoms with Gasteiger partial charge in [0.05, 0.1) is 13.0 Å². The maximum Gasteiger partial charge on any atom is 0.327 e. The van der Waals surface area contributed by atoms with Gasteiger partial charge in [-0.1, -0.05) is 12.1 Å². The van der Waals surface area contributed by atoms with Crippen LogP contribution in [0.4, 0.5) is 0 Å². The van der Waals surface area contributed by atoms with E-state index in [1.807, 2.05) is 0 Å². The summed E-state index contributed by atoms with van der Waals surface area (Å²) in [4.78, 5) is 59.0. The van der Waals surface area contributed by atoms with E-state index >= 15 is 0 Å². The van der Waals surface area contributed by atoms with Crippen LogP contribution in [-0.4, -0.2) is 75.4 Å². The third-order valence-corrected chi connectivity index (χ3v) is 4.39. The number of carbonyl (C=O) groups excluding carboxylic acids is 3. The van der Waals surface area contributed by atoms with Gasteiger partial charge in [-0.25, -0.2) is 4.79 Å². The SMILES string of the molecule is NCC(=O)NC(Cc1ccc(O)cc1)C(=O)NC(CC(=O)O)C(=O)NC(CS)C(=O)O. The van der Waals surface area contributed by atoms with Crippen molar-refractivity contribution in [1.29, 1.82) is 0 Å². The summed E-state index contributed by atoms with van der Waals surface area (Å²) in [6, 6.07) is 1.55. The predicted molar refractivity (Wildman–Crippen MR) is 110 cm³/mol. The monoisotopic (exact) mass is 456 g/mol. The second-order valence-corrected chi connectivity index (χ2v) is 6.80. The number of phenolic OH excluding ortho intramolecular Hbond substituents is 1. The van der Waals surface area contributed by atoms with Crippen molar-refractivity contribution in [1.82, 2.24) is 16.0 Å². The fraction of sp³-hybridized carbons (Fsp3) is 0.389. The molecule has 31 heavy (non-hydrogen) atoms. The molecule has 170 valence electrons. The lowest BCUT2D eigenvalue weighted by Crippen LogP contribution is -2.57. The largest absolute Gasteiger partial charge is 0.508 e. The Morgan fingerprint density at radius 1 is 0.903 bits per heavy atom. The average Bonchev–Trinajstić information content (AvgIpc) is 2.71. The van der Waals surface area contributed by atoms with E-state index in [2.05, 4.69) is 28.6 Å². The predicted octanol–water partition coefficient (Wildman–Crippen LogP) is -2.16. The number of amides is 3. The third kappa shape index (κ3) is 8.92. The summed E-state index contributed by atoms with van der Waals surface area (Å²) in [5.41, 5.74) is 5.82. The number of thiol groups is 1. The van der Waals surface area contributed by atoms with Crippen LogP contribution in [0.3, 0.4) is 0 Å². The van der Waals surface area contributed by atoms with E-state index in [0.717, 1.165) is 0 Å². The molecule has 12 nitrogen and oxygen atoms in total. The maximum absolute atomic E-state index is 12.7. The number of aliphatic carboxylic acids is 2. The topological polar surface area (TPSA) is 208 Å². The molecule has 0 fully saturated rings. The van der Waals surface area contributed by atoms with Crippen molar-refractivity contribution in [3.05, 3.63) is 29.8 Å². The first kappa shape index (κ1) is 25.7. The molecular formula is C18H24N4O8S. The second-order valence-electron chi connectivity index (χ2n) is 6.44. The van der Waals surface area contributed by atoms with Crippen molar-refractivity contribution in [2.45, 2.75) is 31.0 Å². The first-order chi connectivity index (χ1) is 14.6. The average molecular weight is 456 g/mol. The molecule has 8 N–H and O–H groups in total. The number of phenols is 1. The molecule has 1 aromatic rings. The Bertz CT molecular complexity index is 817. The maximum atomic E-state index is 12.7. The number of carboxylic acid groups (broad SMARTS) is 2. The van der Waals surface area contributed by atoms with Crippen molar-refractivity contribution in [2.75, 3.05) is 12.3 Å². The van der Waals surface area contributed by atoms with Gasteiger partial charge in [0.2, 0.25) is 17.7 Å². The zero-order valence-electron chi connectivity index (χ0n) is 16.3. The quantitative estimate of drug-likeness (QED) is 0.161. The number of benzene rings is 1. The molecule has 0 saturated carbocycles. The molecule has 3 amide bonds. The van der Waals surface area contributed by atoms with Gasteiger partial charge in [-0.3, -0.25) is 19.2 Å². The van der Waals surface area contributed by atoms with Crippen LogP contribution in [0.15, 0.2) is 24.3 Å². The highest BCUT2D eigenvalue weighted by Crippen LogP contribution is 2.12. The van der Waals surface area contributed by atoms with Crippen LogP contribution in [-0.2, 0) is 30.4 Å². The summed E-state index contributed by atoms with van der Waals surface area (Å²) in [7, 11) is 0. The first-order valence-corrected chi connectivity index (χ1v) is 9.64. The van der Waals surface area contributed by atoms with Crippen LogP contribution in [0.25, 0.3) is 0 Å². The molecule has 0 bridgehead atoms. The van der Waals surface area contributed by atoms with Crippen LogP contribution in [0.5, 0.6) is 5.75 Å². The molecule has 13 heteroatoms. The molecular weight excluding hydrogens is 432 g/mol. The number of carboxylic acids is 2. The molecule has 3 unspecified atom stereocenters. The smallest absolute Gasteiger partial charge is 0.327 e. The number of nitrogens with two attached hydrogens (primary N) is 1. The highest BCUT2D eigenvalue weighted by molar-refractivity contribution is 7.80.